The van der Waals surface area contributed by atoms with E-state index in [2.05, 4.69) is 162 Å². The number of halogens is 2. The van der Waals surface area contributed by atoms with E-state index >= 15 is 0 Å². The molecule has 0 atom stereocenters. The summed E-state index contributed by atoms with van der Waals surface area (Å²) in [5.74, 6) is 0. The topological polar surface area (TPSA) is 0 Å². The number of benzene rings is 6. The van der Waals surface area contributed by atoms with E-state index in [0.29, 0.717) is 6.71 Å². The zero-order valence-corrected chi connectivity index (χ0v) is 31.1. The molecule has 0 N–H and O–H groups in total. The monoisotopic (exact) mass is 752 g/mol. The van der Waals surface area contributed by atoms with Gasteiger partial charge in [-0.25, -0.2) is 0 Å². The van der Waals surface area contributed by atoms with Crippen LogP contribution in [0.2, 0.25) is 9.88 Å². The van der Waals surface area contributed by atoms with Gasteiger partial charge in [0.2, 0.25) is 6.71 Å². The fourth-order valence-corrected chi connectivity index (χ4v) is 15.7. The Kier molecular flexibility index (Phi) is 10.9. The van der Waals surface area contributed by atoms with Crippen LogP contribution in [0.4, 0.5) is 0 Å². The Morgan fingerprint density at radius 3 is 1.23 bits per heavy atom. The van der Waals surface area contributed by atoms with E-state index in [9.17, 15) is 0 Å². The van der Waals surface area contributed by atoms with Gasteiger partial charge in [-0.3, -0.25) is 0 Å². The Morgan fingerprint density at radius 2 is 0.787 bits per heavy atom. The first-order valence-corrected chi connectivity index (χ1v) is 25.5. The third kappa shape index (κ3) is 7.73. The van der Waals surface area contributed by atoms with E-state index in [0.717, 1.165) is 5.46 Å². The van der Waals surface area contributed by atoms with Crippen LogP contribution in [0.25, 0.3) is 24.3 Å². The predicted molar refractivity (Wildman–Crippen MR) is 215 cm³/mol. The standard InChI is InChI=1S/C20H15B.C14H10.C6H5BCl2.2CH3.Sn/c1-2-10-18(11-3-1)21-19-12-6-4-8-16(19)14-15-17-9-5-7-13-20(17)21;1-3-7-13(8-4-1)11-12-14-9-5-2-6-10-14;8-7(9)6-4-2-1-3-5-6;;;/h1-15H;1-7,9,11-12H;1-5H;2*1H3;. The van der Waals surface area contributed by atoms with Gasteiger partial charge >= 0.3 is 113 Å². The van der Waals surface area contributed by atoms with Crippen LogP contribution in [0, 0.1) is 0 Å². The molecule has 2 heterocycles. The molecule has 0 saturated carbocycles. The van der Waals surface area contributed by atoms with Crippen molar-refractivity contribution in [1.29, 1.82) is 0 Å². The zero-order chi connectivity index (χ0) is 32.6. The van der Waals surface area contributed by atoms with Crippen molar-refractivity contribution in [1.82, 2.24) is 0 Å². The third-order valence-corrected chi connectivity index (χ3v) is 19.7. The van der Waals surface area contributed by atoms with Crippen LogP contribution in [-0.4, -0.2) is 30.6 Å². The van der Waals surface area contributed by atoms with Crippen LogP contribution in [0.1, 0.15) is 22.3 Å². The zero-order valence-electron chi connectivity index (χ0n) is 26.7. The summed E-state index contributed by atoms with van der Waals surface area (Å²) in [4.78, 5) is 5.03. The van der Waals surface area contributed by atoms with Gasteiger partial charge in [-0.05, 0) is 16.6 Å². The average molecular weight is 752 g/mol. The van der Waals surface area contributed by atoms with Crippen molar-refractivity contribution >= 4 is 107 Å². The molecule has 0 amide bonds. The molecular weight excluding hydrogens is 716 g/mol. The van der Waals surface area contributed by atoms with E-state index in [1.165, 1.54) is 38.6 Å². The Morgan fingerprint density at radius 1 is 0.426 bits per heavy atom. The first kappa shape index (κ1) is 33.2. The first-order chi connectivity index (χ1) is 22.9. The van der Waals surface area contributed by atoms with Crippen molar-refractivity contribution in [2.75, 3.05) is 0 Å². The minimum absolute atomic E-state index is 0.300. The summed E-state index contributed by atoms with van der Waals surface area (Å²) >= 11 is 8.77. The van der Waals surface area contributed by atoms with E-state index < -0.39 is 23.9 Å². The van der Waals surface area contributed by atoms with Crippen molar-refractivity contribution in [3.05, 3.63) is 180 Å². The van der Waals surface area contributed by atoms with E-state index in [1.807, 2.05) is 30.3 Å². The molecule has 6 aromatic rings. The van der Waals surface area contributed by atoms with Gasteiger partial charge in [-0.15, -0.1) is 0 Å². The number of hydrogen-bond donors (Lipinski definition) is 0. The van der Waals surface area contributed by atoms with Crippen LogP contribution in [0.5, 0.6) is 0 Å². The fraction of sp³-hybridized carbons (Fsp3) is 0.0476. The maximum atomic E-state index is 5.57. The van der Waals surface area contributed by atoms with Crippen molar-refractivity contribution < 1.29 is 0 Å². The Bertz CT molecular complexity index is 1900. The van der Waals surface area contributed by atoms with Crippen LogP contribution < -0.4 is 29.0 Å². The maximum absolute atomic E-state index is 5.57. The van der Waals surface area contributed by atoms with Crippen molar-refractivity contribution in [3.63, 3.8) is 0 Å². The van der Waals surface area contributed by atoms with Crippen LogP contribution in [0.3, 0.4) is 0 Å². The molecule has 8 rings (SSSR count). The molecule has 0 nitrogen and oxygen atoms in total. The van der Waals surface area contributed by atoms with Crippen LogP contribution in [0.15, 0.2) is 158 Å². The Balaban J connectivity index is 0.000000133. The van der Waals surface area contributed by atoms with Crippen molar-refractivity contribution in [2.45, 2.75) is 9.88 Å². The summed E-state index contributed by atoms with van der Waals surface area (Å²) in [6.07, 6.45) is 9.02. The second-order valence-corrected chi connectivity index (χ2v) is 25.7. The molecule has 6 aromatic carbocycles. The van der Waals surface area contributed by atoms with Gasteiger partial charge in [0.15, 0.2) is 0 Å². The second kappa shape index (κ2) is 15.5. The molecule has 47 heavy (non-hydrogen) atoms. The predicted octanol–water partition coefficient (Wildman–Crippen LogP) is 7.54. The second-order valence-electron chi connectivity index (χ2n) is 12.3. The molecule has 2 aliphatic rings. The Hall–Kier alpha value is -3.69. The third-order valence-electron chi connectivity index (χ3n) is 8.95. The molecule has 2 aliphatic heterocycles. The van der Waals surface area contributed by atoms with Gasteiger partial charge in [-0.1, -0.05) is 138 Å². The summed E-state index contributed by atoms with van der Waals surface area (Å²) in [5, 5.41) is 0. The molecule has 0 radical (unpaired) electrons. The SMILES string of the molecule is C1=Cc2ccccc2B(c2ccccc2)c2ccccc21.ClB(Cl)c1ccccc1.[CH3][Sn]1([CH3])[c]2ccccc2C=Cc2cccc[c]21. The molecule has 0 saturated heterocycles. The molecule has 5 heteroatoms. The van der Waals surface area contributed by atoms with Gasteiger partial charge in [0.25, 0.3) is 0 Å². The van der Waals surface area contributed by atoms with Gasteiger partial charge in [0.05, 0.1) is 0 Å². The molecule has 0 aliphatic carbocycles. The summed E-state index contributed by atoms with van der Waals surface area (Å²) in [5.41, 5.74) is 10.1. The van der Waals surface area contributed by atoms with Crippen molar-refractivity contribution in [2.24, 2.45) is 0 Å². The summed E-state index contributed by atoms with van der Waals surface area (Å²) in [6, 6.07) is 55.5. The van der Waals surface area contributed by atoms with Crippen LogP contribution >= 0.6 is 22.9 Å². The minimum atomic E-state index is -2.37. The van der Waals surface area contributed by atoms with Gasteiger partial charge in [0, 0.05) is 0 Å². The van der Waals surface area contributed by atoms with E-state index in [-0.39, 0.29) is 0 Å². The number of fused-ring (bicyclic) bond motifs is 4. The molecule has 0 fully saturated rings. The normalized spacial score (nSPS) is 13.1. The number of hydrogen-bond acceptors (Lipinski definition) is 0. The van der Waals surface area contributed by atoms with E-state index in [4.69, 9.17) is 22.9 Å². The van der Waals surface area contributed by atoms with Gasteiger partial charge in [-0.2, -0.15) is 22.9 Å². The molecular formula is C42H36B2Cl2Sn. The quantitative estimate of drug-likeness (QED) is 0.160. The van der Waals surface area contributed by atoms with Gasteiger partial charge in [0.1, 0.15) is 0 Å². The summed E-state index contributed by atoms with van der Waals surface area (Å²) < 4.78 is 3.23. The molecule has 0 aromatic heterocycles. The molecule has 0 bridgehead atoms. The average Bonchev–Trinajstić information content (AvgIpc) is 3.36. The summed E-state index contributed by atoms with van der Waals surface area (Å²) in [7, 11) is 0. The van der Waals surface area contributed by atoms with Gasteiger partial charge < -0.3 is 0 Å². The fourth-order valence-electron chi connectivity index (χ4n) is 6.55. The molecule has 228 valence electrons. The Labute approximate surface area is 294 Å². The van der Waals surface area contributed by atoms with Crippen LogP contribution in [-0.2, 0) is 0 Å². The summed E-state index contributed by atoms with van der Waals surface area (Å²) in [6.45, 7) is 0.300. The molecule has 0 unspecified atom stereocenters. The molecule has 0 spiro atoms. The number of rotatable bonds is 2. The first-order valence-electron chi connectivity index (χ1n) is 16.0. The van der Waals surface area contributed by atoms with E-state index in [1.54, 1.807) is 7.16 Å². The van der Waals surface area contributed by atoms with Crippen molar-refractivity contribution in [3.8, 4) is 0 Å².